The lowest BCUT2D eigenvalue weighted by Crippen LogP contribution is -2.07. The molecule has 102 valence electrons. The van der Waals surface area contributed by atoms with E-state index < -0.39 is 11.9 Å². The second-order valence-electron chi connectivity index (χ2n) is 3.86. The van der Waals surface area contributed by atoms with Gasteiger partial charge in [0.25, 0.3) is 0 Å². The Kier molecular flexibility index (Phi) is 3.95. The van der Waals surface area contributed by atoms with Crippen LogP contribution >= 0.6 is 15.9 Å². The van der Waals surface area contributed by atoms with Gasteiger partial charge < -0.3 is 5.32 Å². The van der Waals surface area contributed by atoms with Crippen LogP contribution in [0.1, 0.15) is 11.3 Å². The van der Waals surface area contributed by atoms with Crippen molar-refractivity contribution in [2.75, 3.05) is 5.32 Å². The third kappa shape index (κ3) is 3.27. The van der Waals surface area contributed by atoms with Crippen LogP contribution in [-0.4, -0.2) is 4.98 Å². The first kappa shape index (κ1) is 14.3. The van der Waals surface area contributed by atoms with Gasteiger partial charge >= 0.3 is 6.18 Å². The van der Waals surface area contributed by atoms with Gasteiger partial charge in [-0.2, -0.15) is 18.4 Å². The van der Waals surface area contributed by atoms with Crippen LogP contribution in [0.25, 0.3) is 0 Å². The van der Waals surface area contributed by atoms with E-state index in [0.29, 0.717) is 16.9 Å². The summed E-state index contributed by atoms with van der Waals surface area (Å²) in [5.41, 5.74) is 0.285. The Hall–Kier alpha value is -2.07. The van der Waals surface area contributed by atoms with Crippen LogP contribution in [0, 0.1) is 11.3 Å². The predicted octanol–water partition coefficient (Wildman–Crippen LogP) is 4.48. The number of pyridine rings is 1. The molecule has 1 aromatic carbocycles. The molecule has 0 unspecified atom stereocenters. The van der Waals surface area contributed by atoms with Crippen LogP contribution in [-0.2, 0) is 6.18 Å². The molecular weight excluding hydrogens is 335 g/mol. The maximum Gasteiger partial charge on any atom is 0.433 e. The largest absolute Gasteiger partial charge is 0.433 e. The van der Waals surface area contributed by atoms with Crippen LogP contribution in [0.4, 0.5) is 24.5 Å². The van der Waals surface area contributed by atoms with Crippen molar-refractivity contribution in [2.45, 2.75) is 6.18 Å². The molecule has 0 spiro atoms. The molecule has 1 N–H and O–H groups in total. The number of hydrogen-bond donors (Lipinski definition) is 1. The van der Waals surface area contributed by atoms with Crippen LogP contribution < -0.4 is 5.32 Å². The minimum absolute atomic E-state index is 0.372. The highest BCUT2D eigenvalue weighted by Crippen LogP contribution is 2.29. The van der Waals surface area contributed by atoms with E-state index in [1.807, 2.05) is 6.07 Å². The number of hydrogen-bond acceptors (Lipinski definition) is 3. The van der Waals surface area contributed by atoms with Gasteiger partial charge in [0.1, 0.15) is 11.8 Å². The van der Waals surface area contributed by atoms with Crippen LogP contribution in [0.3, 0.4) is 0 Å². The minimum Gasteiger partial charge on any atom is -0.353 e. The number of rotatable bonds is 2. The average molecular weight is 342 g/mol. The zero-order chi connectivity index (χ0) is 14.8. The summed E-state index contributed by atoms with van der Waals surface area (Å²) >= 11 is 3.24. The van der Waals surface area contributed by atoms with Crippen molar-refractivity contribution in [3.8, 4) is 6.07 Å². The Labute approximate surface area is 121 Å². The third-order valence-corrected chi connectivity index (χ3v) is 2.93. The lowest BCUT2D eigenvalue weighted by Gasteiger charge is -2.10. The second kappa shape index (κ2) is 5.51. The molecule has 2 rings (SSSR count). The quantitative estimate of drug-likeness (QED) is 0.876. The Morgan fingerprint density at radius 2 is 1.95 bits per heavy atom. The van der Waals surface area contributed by atoms with Gasteiger partial charge in [0.05, 0.1) is 23.1 Å². The monoisotopic (exact) mass is 341 g/mol. The molecule has 0 amide bonds. The number of nitriles is 1. The fourth-order valence-corrected chi connectivity index (χ4v) is 1.87. The fraction of sp³-hybridized carbons (Fsp3) is 0.0769. The summed E-state index contributed by atoms with van der Waals surface area (Å²) < 4.78 is 37.9. The maximum absolute atomic E-state index is 12.4. The first-order valence-electron chi connectivity index (χ1n) is 5.40. The van der Waals surface area contributed by atoms with Gasteiger partial charge in [0.2, 0.25) is 0 Å². The summed E-state index contributed by atoms with van der Waals surface area (Å²) in [4.78, 5) is 3.34. The van der Waals surface area contributed by atoms with E-state index in [1.165, 1.54) is 6.07 Å². The number of alkyl halides is 3. The van der Waals surface area contributed by atoms with E-state index in [9.17, 15) is 13.2 Å². The van der Waals surface area contributed by atoms with Gasteiger partial charge in [-0.05, 0) is 30.3 Å². The van der Waals surface area contributed by atoms with E-state index in [-0.39, 0.29) is 0 Å². The highest BCUT2D eigenvalue weighted by molar-refractivity contribution is 9.10. The van der Waals surface area contributed by atoms with E-state index >= 15 is 0 Å². The number of benzene rings is 1. The summed E-state index contributed by atoms with van der Waals surface area (Å²) in [5, 5.41) is 11.9. The van der Waals surface area contributed by atoms with Crippen LogP contribution in [0.15, 0.2) is 41.0 Å². The number of aromatic nitrogens is 1. The van der Waals surface area contributed by atoms with Gasteiger partial charge in [-0.3, -0.25) is 0 Å². The van der Waals surface area contributed by atoms with Crippen molar-refractivity contribution < 1.29 is 13.2 Å². The molecule has 0 aliphatic rings. The molecule has 0 bridgehead atoms. The highest BCUT2D eigenvalue weighted by atomic mass is 79.9. The number of anilines is 2. The Morgan fingerprint density at radius 3 is 2.50 bits per heavy atom. The normalized spacial score (nSPS) is 10.9. The SMILES string of the molecule is N#Cc1cc(Br)ccc1Nc1ccc(C(F)(F)F)nc1. The number of nitrogens with one attached hydrogen (secondary N) is 1. The summed E-state index contributed by atoms with van der Waals surface area (Å²) in [7, 11) is 0. The second-order valence-corrected chi connectivity index (χ2v) is 4.77. The Bertz CT molecular complexity index is 660. The number of halogens is 4. The van der Waals surface area contributed by atoms with Crippen molar-refractivity contribution in [3.63, 3.8) is 0 Å². The Morgan fingerprint density at radius 1 is 1.20 bits per heavy atom. The first-order chi connectivity index (χ1) is 9.40. The Balaban J connectivity index is 2.25. The zero-order valence-electron chi connectivity index (χ0n) is 9.87. The summed E-state index contributed by atoms with van der Waals surface area (Å²) in [6.07, 6.45) is -3.39. The fourth-order valence-electron chi connectivity index (χ4n) is 1.51. The van der Waals surface area contributed by atoms with Gasteiger partial charge in [0, 0.05) is 4.47 Å². The topological polar surface area (TPSA) is 48.7 Å². The molecule has 7 heteroatoms. The molecule has 1 heterocycles. The molecule has 0 saturated heterocycles. The van der Waals surface area contributed by atoms with E-state index in [0.717, 1.165) is 16.7 Å². The van der Waals surface area contributed by atoms with Crippen molar-refractivity contribution in [3.05, 3.63) is 52.3 Å². The first-order valence-corrected chi connectivity index (χ1v) is 6.19. The molecule has 2 aromatic rings. The molecule has 0 radical (unpaired) electrons. The smallest absolute Gasteiger partial charge is 0.353 e. The summed E-state index contributed by atoms with van der Waals surface area (Å²) in [6.45, 7) is 0. The van der Waals surface area contributed by atoms with Crippen LogP contribution in [0.5, 0.6) is 0 Å². The van der Waals surface area contributed by atoms with Crippen LogP contribution in [0.2, 0.25) is 0 Å². The zero-order valence-corrected chi connectivity index (χ0v) is 11.5. The molecule has 0 atom stereocenters. The van der Waals surface area contributed by atoms with E-state index in [1.54, 1.807) is 18.2 Å². The standard InChI is InChI=1S/C13H7BrF3N3/c14-9-1-3-11(8(5-9)6-18)20-10-2-4-12(19-7-10)13(15,16)17/h1-5,7,20H. The molecule has 0 fully saturated rings. The molecule has 1 aromatic heterocycles. The lowest BCUT2D eigenvalue weighted by molar-refractivity contribution is -0.141. The minimum atomic E-state index is -4.46. The number of nitrogens with zero attached hydrogens (tertiary/aromatic N) is 2. The molecule has 20 heavy (non-hydrogen) atoms. The summed E-state index contributed by atoms with van der Waals surface area (Å²) in [6, 6.07) is 9.13. The van der Waals surface area contributed by atoms with Gasteiger partial charge in [-0.1, -0.05) is 15.9 Å². The molecule has 3 nitrogen and oxygen atoms in total. The molecule has 0 aliphatic carbocycles. The maximum atomic E-state index is 12.4. The van der Waals surface area contributed by atoms with Crippen molar-refractivity contribution in [2.24, 2.45) is 0 Å². The molecular formula is C13H7BrF3N3. The summed E-state index contributed by atoms with van der Waals surface area (Å²) in [5.74, 6) is 0. The van der Waals surface area contributed by atoms with E-state index in [2.05, 4.69) is 26.2 Å². The molecule has 0 aliphatic heterocycles. The van der Waals surface area contributed by atoms with E-state index in [4.69, 9.17) is 5.26 Å². The highest BCUT2D eigenvalue weighted by Gasteiger charge is 2.32. The third-order valence-electron chi connectivity index (χ3n) is 2.43. The van der Waals surface area contributed by atoms with Crippen molar-refractivity contribution in [1.82, 2.24) is 4.98 Å². The van der Waals surface area contributed by atoms with Gasteiger partial charge in [0.15, 0.2) is 0 Å². The molecule has 0 saturated carbocycles. The van der Waals surface area contributed by atoms with Gasteiger partial charge in [-0.15, -0.1) is 0 Å². The van der Waals surface area contributed by atoms with Crippen molar-refractivity contribution in [1.29, 1.82) is 5.26 Å². The average Bonchev–Trinajstić information content (AvgIpc) is 2.40. The predicted molar refractivity (Wildman–Crippen MR) is 71.4 cm³/mol. The lowest BCUT2D eigenvalue weighted by atomic mass is 10.2. The van der Waals surface area contributed by atoms with Crippen molar-refractivity contribution >= 4 is 27.3 Å². The van der Waals surface area contributed by atoms with Gasteiger partial charge in [-0.25, -0.2) is 4.98 Å².